The molecular formula is C10H11N3O2. The van der Waals surface area contributed by atoms with Gasteiger partial charge in [0.25, 0.3) is 5.91 Å². The Labute approximate surface area is 86.9 Å². The molecule has 0 saturated heterocycles. The summed E-state index contributed by atoms with van der Waals surface area (Å²) in [6.45, 7) is 0. The summed E-state index contributed by atoms with van der Waals surface area (Å²) in [5.41, 5.74) is 1.55. The molecule has 0 aliphatic carbocycles. The van der Waals surface area contributed by atoms with Crippen LogP contribution in [0.15, 0.2) is 24.3 Å². The zero-order valence-electron chi connectivity index (χ0n) is 8.20. The molecule has 0 aromatic heterocycles. The summed E-state index contributed by atoms with van der Waals surface area (Å²) in [5, 5.41) is 7.68. The molecule has 1 aromatic carbocycles. The largest absolute Gasteiger partial charge is 0.341 e. The number of para-hydroxylation sites is 1. The Morgan fingerprint density at radius 1 is 1.40 bits per heavy atom. The number of fused-ring (bicyclic) bond motifs is 1. The van der Waals surface area contributed by atoms with Gasteiger partial charge in [0.1, 0.15) is 6.04 Å². The summed E-state index contributed by atoms with van der Waals surface area (Å²) >= 11 is 0. The second kappa shape index (κ2) is 3.61. The van der Waals surface area contributed by atoms with E-state index in [-0.39, 0.29) is 11.9 Å². The van der Waals surface area contributed by atoms with Crippen LogP contribution in [0.3, 0.4) is 0 Å². The quantitative estimate of drug-likeness (QED) is 0.628. The Morgan fingerprint density at radius 2 is 2.13 bits per heavy atom. The van der Waals surface area contributed by atoms with Crippen molar-refractivity contribution in [2.45, 2.75) is 6.04 Å². The highest BCUT2D eigenvalue weighted by Crippen LogP contribution is 2.29. The molecule has 5 heteroatoms. The van der Waals surface area contributed by atoms with Crippen LogP contribution in [0.1, 0.15) is 11.6 Å². The zero-order valence-corrected chi connectivity index (χ0v) is 8.20. The van der Waals surface area contributed by atoms with Crippen LogP contribution < -0.4 is 16.0 Å². The first-order valence-corrected chi connectivity index (χ1v) is 4.60. The number of hydrogen-bond acceptors (Lipinski definition) is 2. The fraction of sp³-hybridized carbons (Fsp3) is 0.200. The second-order valence-corrected chi connectivity index (χ2v) is 3.23. The van der Waals surface area contributed by atoms with Crippen molar-refractivity contribution in [3.8, 4) is 0 Å². The van der Waals surface area contributed by atoms with Gasteiger partial charge in [-0.15, -0.1) is 0 Å². The maximum atomic E-state index is 11.5. The van der Waals surface area contributed by atoms with Crippen molar-refractivity contribution in [1.82, 2.24) is 10.6 Å². The average Bonchev–Trinajstić information content (AvgIpc) is 2.55. The molecule has 0 fully saturated rings. The smallest absolute Gasteiger partial charge is 0.315 e. The minimum Gasteiger partial charge on any atom is -0.341 e. The number of urea groups is 1. The van der Waals surface area contributed by atoms with Gasteiger partial charge in [-0.1, -0.05) is 18.2 Å². The van der Waals surface area contributed by atoms with Gasteiger partial charge in [0.15, 0.2) is 0 Å². The van der Waals surface area contributed by atoms with E-state index in [0.29, 0.717) is 0 Å². The molecule has 0 radical (unpaired) electrons. The third-order valence-electron chi connectivity index (χ3n) is 2.29. The third kappa shape index (κ3) is 1.63. The summed E-state index contributed by atoms with van der Waals surface area (Å²) in [7, 11) is 1.51. The summed E-state index contributed by atoms with van der Waals surface area (Å²) in [6.07, 6.45) is 0. The van der Waals surface area contributed by atoms with Crippen LogP contribution in [0.5, 0.6) is 0 Å². The third-order valence-corrected chi connectivity index (χ3v) is 2.29. The number of rotatable bonds is 1. The van der Waals surface area contributed by atoms with Crippen molar-refractivity contribution in [2.75, 3.05) is 12.4 Å². The summed E-state index contributed by atoms with van der Waals surface area (Å²) in [5.74, 6) is -0.209. The van der Waals surface area contributed by atoms with Gasteiger partial charge in [0, 0.05) is 18.3 Å². The lowest BCUT2D eigenvalue weighted by Gasteiger charge is -2.10. The minimum atomic E-state index is -0.596. The van der Waals surface area contributed by atoms with Gasteiger partial charge in [0.05, 0.1) is 0 Å². The maximum Gasteiger partial charge on any atom is 0.315 e. The number of hydrogen-bond donors (Lipinski definition) is 3. The molecule has 3 N–H and O–H groups in total. The molecule has 1 aliphatic rings. The van der Waals surface area contributed by atoms with Crippen molar-refractivity contribution in [3.05, 3.63) is 29.8 Å². The van der Waals surface area contributed by atoms with Crippen molar-refractivity contribution in [1.29, 1.82) is 0 Å². The molecule has 78 valence electrons. The number of amides is 3. The van der Waals surface area contributed by atoms with Crippen molar-refractivity contribution in [2.24, 2.45) is 0 Å². The van der Waals surface area contributed by atoms with E-state index in [9.17, 15) is 9.59 Å². The molecule has 2 rings (SSSR count). The van der Waals surface area contributed by atoms with Gasteiger partial charge in [0.2, 0.25) is 0 Å². The first kappa shape index (κ1) is 9.51. The Balaban J connectivity index is 2.26. The lowest BCUT2D eigenvalue weighted by atomic mass is 10.1. The Bertz CT molecular complexity index is 417. The summed E-state index contributed by atoms with van der Waals surface area (Å²) in [6, 6.07) is 6.32. The van der Waals surface area contributed by atoms with Gasteiger partial charge < -0.3 is 16.0 Å². The predicted molar refractivity (Wildman–Crippen MR) is 55.4 cm³/mol. The van der Waals surface area contributed by atoms with E-state index in [0.717, 1.165) is 11.3 Å². The fourth-order valence-electron chi connectivity index (χ4n) is 1.56. The SMILES string of the molecule is CNC(=O)NC1C(=O)Nc2ccccc21. The van der Waals surface area contributed by atoms with Crippen LogP contribution in [0.2, 0.25) is 0 Å². The summed E-state index contributed by atoms with van der Waals surface area (Å²) in [4.78, 5) is 22.6. The van der Waals surface area contributed by atoms with E-state index in [1.807, 2.05) is 18.2 Å². The fourth-order valence-corrected chi connectivity index (χ4v) is 1.56. The van der Waals surface area contributed by atoms with E-state index in [4.69, 9.17) is 0 Å². The van der Waals surface area contributed by atoms with Gasteiger partial charge >= 0.3 is 6.03 Å². The molecule has 0 spiro atoms. The molecule has 1 unspecified atom stereocenters. The van der Waals surface area contributed by atoms with Gasteiger partial charge in [-0.2, -0.15) is 0 Å². The van der Waals surface area contributed by atoms with Gasteiger partial charge in [-0.05, 0) is 6.07 Å². The van der Waals surface area contributed by atoms with Gasteiger partial charge in [-0.3, -0.25) is 4.79 Å². The van der Waals surface area contributed by atoms with Crippen molar-refractivity contribution < 1.29 is 9.59 Å². The molecule has 3 amide bonds. The molecule has 1 aliphatic heterocycles. The van der Waals surface area contributed by atoms with Gasteiger partial charge in [-0.25, -0.2) is 4.79 Å². The second-order valence-electron chi connectivity index (χ2n) is 3.23. The highest BCUT2D eigenvalue weighted by atomic mass is 16.2. The minimum absolute atomic E-state index is 0.209. The normalized spacial score (nSPS) is 17.9. The first-order valence-electron chi connectivity index (χ1n) is 4.60. The maximum absolute atomic E-state index is 11.5. The Morgan fingerprint density at radius 3 is 2.87 bits per heavy atom. The number of nitrogens with one attached hydrogen (secondary N) is 3. The average molecular weight is 205 g/mol. The van der Waals surface area contributed by atoms with Crippen LogP contribution in [-0.2, 0) is 4.79 Å². The highest BCUT2D eigenvalue weighted by Gasteiger charge is 2.30. The van der Waals surface area contributed by atoms with Crippen LogP contribution >= 0.6 is 0 Å². The number of benzene rings is 1. The van der Waals surface area contributed by atoms with E-state index in [1.54, 1.807) is 6.07 Å². The van der Waals surface area contributed by atoms with E-state index >= 15 is 0 Å². The summed E-state index contributed by atoms with van der Waals surface area (Å²) < 4.78 is 0. The van der Waals surface area contributed by atoms with Crippen LogP contribution in [0.25, 0.3) is 0 Å². The topological polar surface area (TPSA) is 70.2 Å². The van der Waals surface area contributed by atoms with Crippen LogP contribution in [-0.4, -0.2) is 19.0 Å². The van der Waals surface area contributed by atoms with E-state index in [1.165, 1.54) is 7.05 Å². The molecule has 1 aromatic rings. The van der Waals surface area contributed by atoms with Crippen molar-refractivity contribution in [3.63, 3.8) is 0 Å². The number of carbonyl (C=O) groups is 2. The standard InChI is InChI=1S/C10H11N3O2/c1-11-10(15)13-8-6-4-2-3-5-7(6)12-9(8)14/h2-5,8H,1H3,(H,12,14)(H2,11,13,15). The molecule has 0 saturated carbocycles. The Hall–Kier alpha value is -2.04. The number of anilines is 1. The lowest BCUT2D eigenvalue weighted by molar-refractivity contribution is -0.117. The molecule has 15 heavy (non-hydrogen) atoms. The number of carbonyl (C=O) groups excluding carboxylic acids is 2. The molecule has 5 nitrogen and oxygen atoms in total. The lowest BCUT2D eigenvalue weighted by Crippen LogP contribution is -2.38. The predicted octanol–water partition coefficient (Wildman–Crippen LogP) is 0.609. The zero-order chi connectivity index (χ0) is 10.8. The molecular weight excluding hydrogens is 194 g/mol. The van der Waals surface area contributed by atoms with E-state index in [2.05, 4.69) is 16.0 Å². The first-order chi connectivity index (χ1) is 7.22. The molecule has 0 bridgehead atoms. The monoisotopic (exact) mass is 205 g/mol. The van der Waals surface area contributed by atoms with Crippen LogP contribution in [0, 0.1) is 0 Å². The molecule has 1 atom stereocenters. The van der Waals surface area contributed by atoms with Crippen LogP contribution in [0.4, 0.5) is 10.5 Å². The van der Waals surface area contributed by atoms with Crippen molar-refractivity contribution >= 4 is 17.6 Å². The highest BCUT2D eigenvalue weighted by molar-refractivity contribution is 6.04. The van der Waals surface area contributed by atoms with E-state index < -0.39 is 6.04 Å². The Kier molecular flexibility index (Phi) is 2.29. The molecule has 1 heterocycles.